The average molecular weight is 407 g/mol. The highest BCUT2D eigenvalue weighted by molar-refractivity contribution is 7.98. The number of hydrogen-bond acceptors (Lipinski definition) is 6. The van der Waals surface area contributed by atoms with Gasteiger partial charge in [-0.15, -0.1) is 0 Å². The van der Waals surface area contributed by atoms with Gasteiger partial charge in [0.25, 0.3) is 0 Å². The number of esters is 1. The van der Waals surface area contributed by atoms with Gasteiger partial charge in [0, 0.05) is 31.3 Å². The van der Waals surface area contributed by atoms with Gasteiger partial charge in [0.15, 0.2) is 6.04 Å². The van der Waals surface area contributed by atoms with Crippen LogP contribution in [0.2, 0.25) is 0 Å². The molecule has 0 radical (unpaired) electrons. The largest absolute Gasteiger partial charge is 0.459 e. The second-order valence-corrected chi connectivity index (χ2v) is 7.93. The van der Waals surface area contributed by atoms with E-state index in [2.05, 4.69) is 0 Å². The number of amides is 2. The van der Waals surface area contributed by atoms with E-state index >= 15 is 0 Å². The van der Waals surface area contributed by atoms with E-state index in [-0.39, 0.29) is 25.2 Å². The van der Waals surface area contributed by atoms with Crippen LogP contribution in [0.3, 0.4) is 0 Å². The molecule has 0 aliphatic carbocycles. The summed E-state index contributed by atoms with van der Waals surface area (Å²) >= 11 is 1.65. The Kier molecular flexibility index (Phi) is 7.19. The zero-order valence-corrected chi connectivity index (χ0v) is 16.9. The van der Waals surface area contributed by atoms with Crippen LogP contribution in [0.5, 0.6) is 0 Å². The van der Waals surface area contributed by atoms with Crippen molar-refractivity contribution in [2.75, 3.05) is 31.7 Å². The standard InChI is InChI=1S/C20H26N2O5S/c1-28-12-9-18(23)21-10-7-16(8-11-21)22-17(14-27-20(22)25)19(24)26-13-15-5-3-2-4-6-15/h2-6,16-17H,7-14H2,1H3. The number of likely N-dealkylation sites (tertiary alicyclic amines) is 1. The molecule has 0 N–H and O–H groups in total. The fourth-order valence-electron chi connectivity index (χ4n) is 3.58. The van der Waals surface area contributed by atoms with Gasteiger partial charge in [0.1, 0.15) is 13.2 Å². The van der Waals surface area contributed by atoms with Gasteiger partial charge in [-0.25, -0.2) is 9.59 Å². The van der Waals surface area contributed by atoms with Crippen molar-refractivity contribution in [1.29, 1.82) is 0 Å². The van der Waals surface area contributed by atoms with E-state index in [9.17, 15) is 14.4 Å². The van der Waals surface area contributed by atoms with Crippen LogP contribution in [0.4, 0.5) is 4.79 Å². The van der Waals surface area contributed by atoms with E-state index in [1.807, 2.05) is 41.5 Å². The Morgan fingerprint density at radius 3 is 2.61 bits per heavy atom. The summed E-state index contributed by atoms with van der Waals surface area (Å²) in [5.41, 5.74) is 0.893. The first-order valence-corrected chi connectivity index (χ1v) is 10.9. The molecule has 2 aliphatic heterocycles. The van der Waals surface area contributed by atoms with E-state index in [0.29, 0.717) is 32.4 Å². The molecule has 1 atom stereocenters. The van der Waals surface area contributed by atoms with Gasteiger partial charge in [-0.2, -0.15) is 11.8 Å². The van der Waals surface area contributed by atoms with Crippen LogP contribution in [0, 0.1) is 0 Å². The minimum absolute atomic E-state index is 0.0132. The third-order valence-corrected chi connectivity index (χ3v) is 5.75. The van der Waals surface area contributed by atoms with Crippen molar-refractivity contribution in [2.24, 2.45) is 0 Å². The molecule has 8 heteroatoms. The number of cyclic esters (lactones) is 1. The highest BCUT2D eigenvalue weighted by Gasteiger charge is 2.44. The molecule has 2 fully saturated rings. The van der Waals surface area contributed by atoms with Crippen LogP contribution in [-0.2, 0) is 25.7 Å². The number of hydrogen-bond donors (Lipinski definition) is 0. The maximum Gasteiger partial charge on any atom is 0.410 e. The monoisotopic (exact) mass is 406 g/mol. The average Bonchev–Trinajstić information content (AvgIpc) is 3.12. The van der Waals surface area contributed by atoms with Crippen LogP contribution in [-0.4, -0.2) is 71.6 Å². The van der Waals surface area contributed by atoms with Crippen LogP contribution in [0.25, 0.3) is 0 Å². The summed E-state index contributed by atoms with van der Waals surface area (Å²) in [6.45, 7) is 1.36. The molecule has 28 heavy (non-hydrogen) atoms. The van der Waals surface area contributed by atoms with Crippen molar-refractivity contribution < 1.29 is 23.9 Å². The van der Waals surface area contributed by atoms with Crippen molar-refractivity contribution >= 4 is 29.7 Å². The Labute approximate surface area is 169 Å². The van der Waals surface area contributed by atoms with Crippen molar-refractivity contribution in [2.45, 2.75) is 38.0 Å². The normalized spacial score (nSPS) is 20.2. The van der Waals surface area contributed by atoms with E-state index in [4.69, 9.17) is 9.47 Å². The quantitative estimate of drug-likeness (QED) is 0.647. The van der Waals surface area contributed by atoms with Gasteiger partial charge in [0.05, 0.1) is 0 Å². The van der Waals surface area contributed by atoms with Crippen LogP contribution < -0.4 is 0 Å². The maximum absolute atomic E-state index is 12.5. The molecule has 0 bridgehead atoms. The molecule has 3 rings (SSSR count). The molecular formula is C20H26N2O5S. The number of ether oxygens (including phenoxy) is 2. The molecule has 0 spiro atoms. The highest BCUT2D eigenvalue weighted by Crippen LogP contribution is 2.25. The summed E-state index contributed by atoms with van der Waals surface area (Å²) in [5.74, 6) is 0.510. The molecule has 1 aromatic rings. The van der Waals surface area contributed by atoms with Gasteiger partial charge >= 0.3 is 12.1 Å². The van der Waals surface area contributed by atoms with E-state index in [1.54, 1.807) is 11.8 Å². The fraction of sp³-hybridized carbons (Fsp3) is 0.550. The number of thioether (sulfide) groups is 1. The number of carbonyl (C=O) groups excluding carboxylic acids is 3. The molecule has 152 valence electrons. The van der Waals surface area contributed by atoms with E-state index < -0.39 is 18.1 Å². The SMILES string of the molecule is CSCCC(=O)N1CCC(N2C(=O)OCC2C(=O)OCc2ccccc2)CC1. The molecule has 0 aromatic heterocycles. The van der Waals surface area contributed by atoms with Crippen molar-refractivity contribution in [3.05, 3.63) is 35.9 Å². The summed E-state index contributed by atoms with van der Waals surface area (Å²) in [5, 5.41) is 0. The lowest BCUT2D eigenvalue weighted by Crippen LogP contribution is -2.52. The molecule has 2 amide bonds. The summed E-state index contributed by atoms with van der Waals surface area (Å²) in [6, 6.07) is 8.58. The highest BCUT2D eigenvalue weighted by atomic mass is 32.2. The van der Waals surface area contributed by atoms with Crippen molar-refractivity contribution in [3.63, 3.8) is 0 Å². The first-order chi connectivity index (χ1) is 13.6. The Bertz CT molecular complexity index is 691. The van der Waals surface area contributed by atoms with Crippen molar-refractivity contribution in [1.82, 2.24) is 9.80 Å². The summed E-state index contributed by atoms with van der Waals surface area (Å²) in [4.78, 5) is 40.3. The molecule has 7 nitrogen and oxygen atoms in total. The van der Waals surface area contributed by atoms with Crippen LogP contribution in [0.15, 0.2) is 30.3 Å². The van der Waals surface area contributed by atoms with Crippen LogP contribution in [0.1, 0.15) is 24.8 Å². The second kappa shape index (κ2) is 9.82. The molecule has 1 aromatic carbocycles. The number of nitrogens with zero attached hydrogens (tertiary/aromatic N) is 2. The maximum atomic E-state index is 12.5. The number of piperidine rings is 1. The molecule has 0 saturated carbocycles. The Morgan fingerprint density at radius 1 is 1.21 bits per heavy atom. The first-order valence-electron chi connectivity index (χ1n) is 9.52. The van der Waals surface area contributed by atoms with Gasteiger partial charge in [-0.1, -0.05) is 30.3 Å². The third-order valence-electron chi connectivity index (χ3n) is 5.14. The molecule has 2 saturated heterocycles. The predicted octanol–water partition coefficient (Wildman–Crippen LogP) is 2.29. The van der Waals surface area contributed by atoms with Gasteiger partial charge in [-0.3, -0.25) is 9.69 Å². The molecule has 1 unspecified atom stereocenters. The minimum Gasteiger partial charge on any atom is -0.459 e. The number of carbonyl (C=O) groups is 3. The molecule has 2 heterocycles. The zero-order chi connectivity index (χ0) is 19.9. The van der Waals surface area contributed by atoms with Crippen LogP contribution >= 0.6 is 11.8 Å². The fourth-order valence-corrected chi connectivity index (χ4v) is 3.96. The molecular weight excluding hydrogens is 380 g/mol. The van der Waals surface area contributed by atoms with E-state index in [0.717, 1.165) is 11.3 Å². The van der Waals surface area contributed by atoms with Gasteiger partial charge in [0.2, 0.25) is 5.91 Å². The molecule has 2 aliphatic rings. The minimum atomic E-state index is -0.722. The smallest absolute Gasteiger partial charge is 0.410 e. The summed E-state index contributed by atoms with van der Waals surface area (Å²) in [7, 11) is 0. The predicted molar refractivity (Wildman–Crippen MR) is 106 cm³/mol. The van der Waals surface area contributed by atoms with Gasteiger partial charge in [-0.05, 0) is 24.7 Å². The Hall–Kier alpha value is -2.22. The second-order valence-electron chi connectivity index (χ2n) is 6.95. The topological polar surface area (TPSA) is 76.2 Å². The Morgan fingerprint density at radius 2 is 1.93 bits per heavy atom. The lowest BCUT2D eigenvalue weighted by molar-refractivity contribution is -0.150. The first kappa shape index (κ1) is 20.5. The summed E-state index contributed by atoms with van der Waals surface area (Å²) < 4.78 is 10.5. The van der Waals surface area contributed by atoms with Crippen molar-refractivity contribution in [3.8, 4) is 0 Å². The van der Waals surface area contributed by atoms with Gasteiger partial charge < -0.3 is 14.4 Å². The summed E-state index contributed by atoms with van der Waals surface area (Å²) in [6.07, 6.45) is 3.32. The third kappa shape index (κ3) is 4.98. The lowest BCUT2D eigenvalue weighted by atomic mass is 10.0. The Balaban J connectivity index is 1.54. The number of rotatable bonds is 7. The zero-order valence-electron chi connectivity index (χ0n) is 16.0. The van der Waals surface area contributed by atoms with E-state index in [1.165, 1.54) is 4.90 Å². The number of benzene rings is 1. The lowest BCUT2D eigenvalue weighted by Gasteiger charge is -2.37.